The predicted octanol–water partition coefficient (Wildman–Crippen LogP) is 0.830. The average molecular weight is 262 g/mol. The van der Waals surface area contributed by atoms with Gasteiger partial charge < -0.3 is 15.5 Å². The molecule has 0 fully saturated rings. The average Bonchev–Trinajstić information content (AvgIpc) is 2.38. The highest BCUT2D eigenvalue weighted by molar-refractivity contribution is 5.79. The Balaban J connectivity index is 2.45. The molecule has 5 nitrogen and oxygen atoms in total. The van der Waals surface area contributed by atoms with E-state index in [1.165, 1.54) is 12.5 Å². The van der Waals surface area contributed by atoms with Crippen molar-refractivity contribution in [1.82, 2.24) is 15.5 Å². The number of rotatable bonds is 5. The maximum absolute atomic E-state index is 10.8. The van der Waals surface area contributed by atoms with Crippen molar-refractivity contribution < 1.29 is 4.79 Å². The van der Waals surface area contributed by atoms with Gasteiger partial charge in [-0.1, -0.05) is 30.3 Å². The summed E-state index contributed by atoms with van der Waals surface area (Å²) in [7, 11) is 3.88. The van der Waals surface area contributed by atoms with Crippen LogP contribution in [0.4, 0.5) is 0 Å². The minimum atomic E-state index is -0.0190. The molecule has 0 saturated carbocycles. The maximum atomic E-state index is 10.8. The fourth-order valence-electron chi connectivity index (χ4n) is 1.52. The standard InChI is InChI=1S/C14H22N4O/c1-12(19)15-9-10-16-14(18(2)3)17-11-13-7-5-4-6-8-13/h4-8H,9-11H2,1-3H3,(H,15,19)(H,16,17). The molecule has 0 aromatic heterocycles. The summed E-state index contributed by atoms with van der Waals surface area (Å²) in [5.74, 6) is 0.795. The van der Waals surface area contributed by atoms with Crippen molar-refractivity contribution in [2.24, 2.45) is 4.99 Å². The summed E-state index contributed by atoms with van der Waals surface area (Å²) < 4.78 is 0. The highest BCUT2D eigenvalue weighted by atomic mass is 16.1. The molecule has 1 aromatic rings. The third kappa shape index (κ3) is 6.45. The Morgan fingerprint density at radius 1 is 1.16 bits per heavy atom. The summed E-state index contributed by atoms with van der Waals surface area (Å²) >= 11 is 0. The minimum Gasteiger partial charge on any atom is -0.355 e. The SMILES string of the molecule is CC(=O)NCCNC(=NCc1ccccc1)N(C)C. The van der Waals surface area contributed by atoms with E-state index in [-0.39, 0.29) is 5.91 Å². The van der Waals surface area contributed by atoms with Crippen molar-refractivity contribution >= 4 is 11.9 Å². The Hall–Kier alpha value is -2.04. The van der Waals surface area contributed by atoms with Crippen LogP contribution in [0.1, 0.15) is 12.5 Å². The summed E-state index contributed by atoms with van der Waals surface area (Å²) in [6.07, 6.45) is 0. The van der Waals surface area contributed by atoms with Crippen LogP contribution in [0.5, 0.6) is 0 Å². The van der Waals surface area contributed by atoms with Crippen LogP contribution < -0.4 is 10.6 Å². The topological polar surface area (TPSA) is 56.7 Å². The van der Waals surface area contributed by atoms with E-state index < -0.39 is 0 Å². The van der Waals surface area contributed by atoms with Gasteiger partial charge in [-0.15, -0.1) is 0 Å². The van der Waals surface area contributed by atoms with Crippen molar-refractivity contribution in [1.29, 1.82) is 0 Å². The molecule has 0 heterocycles. The first-order valence-electron chi connectivity index (χ1n) is 6.33. The molecule has 5 heteroatoms. The van der Waals surface area contributed by atoms with Crippen LogP contribution in [0.25, 0.3) is 0 Å². The lowest BCUT2D eigenvalue weighted by atomic mass is 10.2. The largest absolute Gasteiger partial charge is 0.355 e. The van der Waals surface area contributed by atoms with E-state index in [9.17, 15) is 4.79 Å². The number of nitrogens with one attached hydrogen (secondary N) is 2. The summed E-state index contributed by atoms with van der Waals surface area (Å²) in [5, 5.41) is 5.94. The molecule has 104 valence electrons. The van der Waals surface area contributed by atoms with E-state index in [0.29, 0.717) is 19.6 Å². The smallest absolute Gasteiger partial charge is 0.216 e. The number of carbonyl (C=O) groups excluding carboxylic acids is 1. The number of carbonyl (C=O) groups is 1. The van der Waals surface area contributed by atoms with Crippen LogP contribution in [-0.2, 0) is 11.3 Å². The summed E-state index contributed by atoms with van der Waals surface area (Å²) in [5.41, 5.74) is 1.17. The van der Waals surface area contributed by atoms with Gasteiger partial charge in [-0.25, -0.2) is 4.99 Å². The maximum Gasteiger partial charge on any atom is 0.216 e. The molecule has 1 aromatic carbocycles. The quantitative estimate of drug-likeness (QED) is 0.469. The highest BCUT2D eigenvalue weighted by Gasteiger charge is 2.01. The van der Waals surface area contributed by atoms with Crippen molar-refractivity contribution in [3.05, 3.63) is 35.9 Å². The Labute approximate surface area is 114 Å². The van der Waals surface area contributed by atoms with Gasteiger partial charge in [0.05, 0.1) is 6.54 Å². The van der Waals surface area contributed by atoms with Gasteiger partial charge in [-0.05, 0) is 5.56 Å². The summed E-state index contributed by atoms with van der Waals surface area (Å²) in [6, 6.07) is 10.1. The normalized spacial score (nSPS) is 11.0. The lowest BCUT2D eigenvalue weighted by Gasteiger charge is -2.17. The number of benzene rings is 1. The first-order valence-corrected chi connectivity index (χ1v) is 6.33. The van der Waals surface area contributed by atoms with Crippen LogP contribution in [-0.4, -0.2) is 44.0 Å². The van der Waals surface area contributed by atoms with Crippen molar-refractivity contribution in [3.8, 4) is 0 Å². The minimum absolute atomic E-state index is 0.0190. The lowest BCUT2D eigenvalue weighted by Crippen LogP contribution is -2.40. The molecule has 1 rings (SSSR count). The van der Waals surface area contributed by atoms with Crippen LogP contribution in [0.15, 0.2) is 35.3 Å². The van der Waals surface area contributed by atoms with Crippen LogP contribution >= 0.6 is 0 Å². The zero-order valence-corrected chi connectivity index (χ0v) is 11.8. The fourth-order valence-corrected chi connectivity index (χ4v) is 1.52. The van der Waals surface area contributed by atoms with Crippen LogP contribution in [0, 0.1) is 0 Å². The van der Waals surface area contributed by atoms with Crippen molar-refractivity contribution in [3.63, 3.8) is 0 Å². The van der Waals surface area contributed by atoms with E-state index in [2.05, 4.69) is 15.6 Å². The van der Waals surface area contributed by atoms with E-state index >= 15 is 0 Å². The van der Waals surface area contributed by atoms with Gasteiger partial charge in [-0.3, -0.25) is 4.79 Å². The molecule has 0 atom stereocenters. The number of aliphatic imine (C=N–C) groups is 1. The number of amides is 1. The Morgan fingerprint density at radius 2 is 1.79 bits per heavy atom. The van der Waals surface area contributed by atoms with Gasteiger partial charge in [0.1, 0.15) is 0 Å². The Morgan fingerprint density at radius 3 is 2.37 bits per heavy atom. The molecule has 0 saturated heterocycles. The lowest BCUT2D eigenvalue weighted by molar-refractivity contribution is -0.118. The molecule has 0 bridgehead atoms. The molecular formula is C14H22N4O. The van der Waals surface area contributed by atoms with Crippen molar-refractivity contribution in [2.75, 3.05) is 27.2 Å². The second-order valence-electron chi connectivity index (χ2n) is 4.43. The first kappa shape index (κ1) is 15.0. The molecule has 0 aliphatic heterocycles. The highest BCUT2D eigenvalue weighted by Crippen LogP contribution is 2.00. The predicted molar refractivity (Wildman–Crippen MR) is 78.0 cm³/mol. The van der Waals surface area contributed by atoms with Gasteiger partial charge in [0.15, 0.2) is 5.96 Å². The monoisotopic (exact) mass is 262 g/mol. The zero-order chi connectivity index (χ0) is 14.1. The Bertz CT molecular complexity index is 415. The number of nitrogens with zero attached hydrogens (tertiary/aromatic N) is 2. The van der Waals surface area contributed by atoms with E-state index in [0.717, 1.165) is 5.96 Å². The molecule has 0 radical (unpaired) electrons. The number of hydrogen-bond acceptors (Lipinski definition) is 2. The third-order valence-corrected chi connectivity index (χ3v) is 2.46. The molecule has 0 aliphatic rings. The fraction of sp³-hybridized carbons (Fsp3) is 0.429. The zero-order valence-electron chi connectivity index (χ0n) is 11.8. The third-order valence-electron chi connectivity index (χ3n) is 2.46. The number of guanidine groups is 1. The second kappa shape index (κ2) is 8.13. The van der Waals surface area contributed by atoms with Crippen LogP contribution in [0.2, 0.25) is 0 Å². The first-order chi connectivity index (χ1) is 9.09. The second-order valence-corrected chi connectivity index (χ2v) is 4.43. The molecule has 0 aliphatic carbocycles. The van der Waals surface area contributed by atoms with Crippen LogP contribution in [0.3, 0.4) is 0 Å². The van der Waals surface area contributed by atoms with Gasteiger partial charge in [0.2, 0.25) is 5.91 Å². The van der Waals surface area contributed by atoms with Gasteiger partial charge in [0, 0.05) is 34.1 Å². The molecular weight excluding hydrogens is 240 g/mol. The molecule has 1 amide bonds. The summed E-state index contributed by atoms with van der Waals surface area (Å²) in [4.78, 5) is 17.2. The molecule has 0 unspecified atom stereocenters. The molecule has 0 spiro atoms. The molecule has 2 N–H and O–H groups in total. The number of hydrogen-bond donors (Lipinski definition) is 2. The van der Waals surface area contributed by atoms with E-state index in [4.69, 9.17) is 0 Å². The van der Waals surface area contributed by atoms with E-state index in [1.54, 1.807) is 0 Å². The Kier molecular flexibility index (Phi) is 6.43. The summed E-state index contributed by atoms with van der Waals surface area (Å²) in [6.45, 7) is 3.40. The van der Waals surface area contributed by atoms with Gasteiger partial charge in [0.25, 0.3) is 0 Å². The van der Waals surface area contributed by atoms with Crippen molar-refractivity contribution in [2.45, 2.75) is 13.5 Å². The van der Waals surface area contributed by atoms with Gasteiger partial charge >= 0.3 is 0 Å². The van der Waals surface area contributed by atoms with E-state index in [1.807, 2.05) is 49.3 Å². The molecule has 19 heavy (non-hydrogen) atoms. The van der Waals surface area contributed by atoms with Gasteiger partial charge in [-0.2, -0.15) is 0 Å².